The van der Waals surface area contributed by atoms with Crippen LogP contribution in [0.25, 0.3) is 0 Å². The molecule has 2 rings (SSSR count). The summed E-state index contributed by atoms with van der Waals surface area (Å²) >= 11 is 1.47. The average molecular weight is 251 g/mol. The van der Waals surface area contributed by atoms with E-state index in [9.17, 15) is 4.79 Å². The molecule has 4 heteroatoms. The van der Waals surface area contributed by atoms with Crippen LogP contribution in [0.2, 0.25) is 0 Å². The summed E-state index contributed by atoms with van der Waals surface area (Å²) in [5.74, 6) is 0.741. The number of hydrogen-bond donors (Lipinski definition) is 0. The molecule has 0 aliphatic heterocycles. The van der Waals surface area contributed by atoms with Gasteiger partial charge in [0.25, 0.3) is 0 Å². The van der Waals surface area contributed by atoms with Crippen LogP contribution in [0, 0.1) is 18.8 Å². The lowest BCUT2D eigenvalue weighted by molar-refractivity contribution is 0.0389. The predicted molar refractivity (Wildman–Crippen MR) is 68.2 cm³/mol. The third kappa shape index (κ3) is 3.16. The van der Waals surface area contributed by atoms with Crippen molar-refractivity contribution in [1.82, 2.24) is 4.98 Å². The van der Waals surface area contributed by atoms with Gasteiger partial charge >= 0.3 is 5.97 Å². The van der Waals surface area contributed by atoms with Crippen LogP contribution in [-0.2, 0) is 4.74 Å². The summed E-state index contributed by atoms with van der Waals surface area (Å²) in [6, 6.07) is 0. The highest BCUT2D eigenvalue weighted by atomic mass is 32.1. The molecule has 1 heterocycles. The van der Waals surface area contributed by atoms with E-state index in [1.807, 2.05) is 6.92 Å². The van der Waals surface area contributed by atoms with Crippen LogP contribution in [0.5, 0.6) is 0 Å². The Morgan fingerprint density at radius 2 is 2.29 bits per heavy atom. The second-order valence-corrected chi connectivity index (χ2v) is 5.59. The number of aryl methyl sites for hydroxylation is 1. The quantitative estimate of drug-likeness (QED) is 0.611. The van der Waals surface area contributed by atoms with Crippen molar-refractivity contribution in [1.29, 1.82) is 0 Å². The van der Waals surface area contributed by atoms with Gasteiger partial charge in [-0.2, -0.15) is 0 Å². The Labute approximate surface area is 106 Å². The van der Waals surface area contributed by atoms with E-state index in [0.29, 0.717) is 24.1 Å². The van der Waals surface area contributed by atoms with E-state index in [2.05, 4.69) is 24.1 Å². The molecule has 0 bridgehead atoms. The van der Waals surface area contributed by atoms with Crippen LogP contribution in [0.15, 0.2) is 17.5 Å². The molecule has 2 unspecified atom stereocenters. The van der Waals surface area contributed by atoms with Crippen molar-refractivity contribution in [3.05, 3.63) is 28.2 Å². The Kier molecular flexibility index (Phi) is 3.94. The fourth-order valence-electron chi connectivity index (χ4n) is 1.95. The molecule has 0 saturated heterocycles. The molecular formula is C13H17NO2S. The van der Waals surface area contributed by atoms with Crippen LogP contribution in [-0.4, -0.2) is 17.6 Å². The van der Waals surface area contributed by atoms with Gasteiger partial charge in [0.05, 0.1) is 11.6 Å². The number of carbonyl (C=O) groups excluding carboxylic acids is 1. The number of esters is 1. The Morgan fingerprint density at radius 1 is 1.53 bits per heavy atom. The number of nitrogens with zero attached hydrogens (tertiary/aromatic N) is 1. The summed E-state index contributed by atoms with van der Waals surface area (Å²) in [6.45, 7) is 4.59. The lowest BCUT2D eigenvalue weighted by Crippen LogP contribution is -2.21. The molecule has 92 valence electrons. The standard InChI is InChI=1S/C13H17NO2S/c1-9-5-3-4-6-11(9)7-16-13(15)12-8-17-10(2)14-12/h3-4,8-9,11H,5-7H2,1-2H3. The number of allylic oxidation sites excluding steroid dienone is 2. The van der Waals surface area contributed by atoms with Crippen molar-refractivity contribution in [2.24, 2.45) is 11.8 Å². The summed E-state index contributed by atoms with van der Waals surface area (Å²) in [5.41, 5.74) is 0.437. The van der Waals surface area contributed by atoms with Gasteiger partial charge in [0.15, 0.2) is 5.69 Å². The maximum atomic E-state index is 11.7. The van der Waals surface area contributed by atoms with Gasteiger partial charge in [-0.15, -0.1) is 11.3 Å². The van der Waals surface area contributed by atoms with Gasteiger partial charge in [0.2, 0.25) is 0 Å². The highest BCUT2D eigenvalue weighted by molar-refractivity contribution is 7.09. The van der Waals surface area contributed by atoms with E-state index in [-0.39, 0.29) is 5.97 Å². The van der Waals surface area contributed by atoms with E-state index in [0.717, 1.165) is 17.8 Å². The molecule has 1 aliphatic carbocycles. The highest BCUT2D eigenvalue weighted by Gasteiger charge is 2.21. The van der Waals surface area contributed by atoms with E-state index in [1.54, 1.807) is 5.38 Å². The van der Waals surface area contributed by atoms with Gasteiger partial charge < -0.3 is 4.74 Å². The van der Waals surface area contributed by atoms with Crippen molar-refractivity contribution >= 4 is 17.3 Å². The zero-order valence-electron chi connectivity index (χ0n) is 10.2. The minimum Gasteiger partial charge on any atom is -0.461 e. The van der Waals surface area contributed by atoms with Crippen LogP contribution >= 0.6 is 11.3 Å². The maximum absolute atomic E-state index is 11.7. The number of aromatic nitrogens is 1. The fourth-order valence-corrected chi connectivity index (χ4v) is 2.53. The average Bonchev–Trinajstić information content (AvgIpc) is 2.74. The predicted octanol–water partition coefficient (Wildman–Crippen LogP) is 3.21. The van der Waals surface area contributed by atoms with Crippen molar-refractivity contribution in [2.75, 3.05) is 6.61 Å². The van der Waals surface area contributed by atoms with Gasteiger partial charge in [-0.05, 0) is 31.6 Å². The molecule has 0 N–H and O–H groups in total. The Balaban J connectivity index is 1.86. The molecule has 3 nitrogen and oxygen atoms in total. The summed E-state index contributed by atoms with van der Waals surface area (Å²) in [5, 5.41) is 2.65. The smallest absolute Gasteiger partial charge is 0.357 e. The SMILES string of the molecule is Cc1nc(C(=O)OCC2CC=CCC2C)cs1. The van der Waals surface area contributed by atoms with Gasteiger partial charge in [-0.1, -0.05) is 19.1 Å². The molecule has 1 aromatic rings. The number of hydrogen-bond acceptors (Lipinski definition) is 4. The molecule has 0 saturated carbocycles. The number of ether oxygens (including phenoxy) is 1. The lowest BCUT2D eigenvalue weighted by atomic mass is 9.85. The molecule has 0 aromatic carbocycles. The minimum absolute atomic E-state index is 0.295. The minimum atomic E-state index is -0.295. The zero-order valence-corrected chi connectivity index (χ0v) is 11.0. The first kappa shape index (κ1) is 12.3. The first-order valence-electron chi connectivity index (χ1n) is 5.91. The van der Waals surface area contributed by atoms with Crippen molar-refractivity contribution in [2.45, 2.75) is 26.7 Å². The summed E-state index contributed by atoms with van der Waals surface area (Å²) in [6.07, 6.45) is 6.46. The summed E-state index contributed by atoms with van der Waals surface area (Å²) < 4.78 is 5.32. The van der Waals surface area contributed by atoms with E-state index in [1.165, 1.54) is 11.3 Å². The van der Waals surface area contributed by atoms with E-state index in [4.69, 9.17) is 4.74 Å². The third-order valence-corrected chi connectivity index (χ3v) is 3.95. The summed E-state index contributed by atoms with van der Waals surface area (Å²) in [4.78, 5) is 15.8. The molecule has 1 aliphatic rings. The molecule has 17 heavy (non-hydrogen) atoms. The van der Waals surface area contributed by atoms with Crippen LogP contribution in [0.4, 0.5) is 0 Å². The monoisotopic (exact) mass is 251 g/mol. The second kappa shape index (κ2) is 5.45. The normalized spacial score (nSPS) is 23.6. The van der Waals surface area contributed by atoms with Gasteiger partial charge in [0.1, 0.15) is 0 Å². The summed E-state index contributed by atoms with van der Waals surface area (Å²) in [7, 11) is 0. The molecule has 0 spiro atoms. The van der Waals surface area contributed by atoms with Crippen LogP contribution in [0.1, 0.15) is 35.3 Å². The van der Waals surface area contributed by atoms with Gasteiger partial charge in [0, 0.05) is 5.38 Å². The highest BCUT2D eigenvalue weighted by Crippen LogP contribution is 2.25. The van der Waals surface area contributed by atoms with Crippen molar-refractivity contribution in [3.63, 3.8) is 0 Å². The number of carbonyl (C=O) groups is 1. The van der Waals surface area contributed by atoms with Crippen molar-refractivity contribution < 1.29 is 9.53 Å². The zero-order chi connectivity index (χ0) is 12.3. The van der Waals surface area contributed by atoms with Crippen LogP contribution in [0.3, 0.4) is 0 Å². The Bertz CT molecular complexity index is 425. The number of rotatable bonds is 3. The third-order valence-electron chi connectivity index (χ3n) is 3.17. The first-order valence-corrected chi connectivity index (χ1v) is 6.79. The lowest BCUT2D eigenvalue weighted by Gasteiger charge is -2.24. The first-order chi connectivity index (χ1) is 8.16. The van der Waals surface area contributed by atoms with E-state index < -0.39 is 0 Å². The maximum Gasteiger partial charge on any atom is 0.357 e. The van der Waals surface area contributed by atoms with Crippen LogP contribution < -0.4 is 0 Å². The molecule has 0 fully saturated rings. The fraction of sp³-hybridized carbons (Fsp3) is 0.538. The molecule has 2 atom stereocenters. The topological polar surface area (TPSA) is 39.2 Å². The second-order valence-electron chi connectivity index (χ2n) is 4.53. The van der Waals surface area contributed by atoms with Gasteiger partial charge in [-0.25, -0.2) is 9.78 Å². The molecule has 1 aromatic heterocycles. The Hall–Kier alpha value is -1.16. The Morgan fingerprint density at radius 3 is 2.94 bits per heavy atom. The molecule has 0 amide bonds. The number of thiazole rings is 1. The van der Waals surface area contributed by atoms with Crippen molar-refractivity contribution in [3.8, 4) is 0 Å². The largest absolute Gasteiger partial charge is 0.461 e. The molecular weight excluding hydrogens is 234 g/mol. The van der Waals surface area contributed by atoms with Gasteiger partial charge in [-0.3, -0.25) is 0 Å². The van der Waals surface area contributed by atoms with E-state index >= 15 is 0 Å². The molecule has 0 radical (unpaired) electrons.